The van der Waals surface area contributed by atoms with Gasteiger partial charge in [0.2, 0.25) is 0 Å². The van der Waals surface area contributed by atoms with Gasteiger partial charge in [-0.3, -0.25) is 4.79 Å². The second-order valence-electron chi connectivity index (χ2n) is 6.84. The van der Waals surface area contributed by atoms with Gasteiger partial charge in [-0.15, -0.1) is 0 Å². The van der Waals surface area contributed by atoms with E-state index < -0.39 is 0 Å². The number of hydrogen-bond donors (Lipinski definition) is 1. The highest BCUT2D eigenvalue weighted by Gasteiger charge is 2.28. The summed E-state index contributed by atoms with van der Waals surface area (Å²) in [7, 11) is 0. The summed E-state index contributed by atoms with van der Waals surface area (Å²) in [6.45, 7) is 6.26. The van der Waals surface area contributed by atoms with Crippen LogP contribution in [0, 0.1) is 5.92 Å². The van der Waals surface area contributed by atoms with Crippen LogP contribution in [0.25, 0.3) is 0 Å². The number of carbonyl (C=O) groups is 1. The fourth-order valence-electron chi connectivity index (χ4n) is 3.61. The van der Waals surface area contributed by atoms with E-state index in [1.807, 2.05) is 6.07 Å². The van der Waals surface area contributed by atoms with Crippen molar-refractivity contribution in [2.45, 2.75) is 52.0 Å². The molecule has 1 N–H and O–H groups in total. The first-order valence-electron chi connectivity index (χ1n) is 8.33. The maximum absolute atomic E-state index is 13.0. The van der Waals surface area contributed by atoms with Crippen molar-refractivity contribution in [1.29, 1.82) is 0 Å². The average Bonchev–Trinajstić information content (AvgIpc) is 3.13. The monoisotopic (exact) mass is 286 g/mol. The Balaban J connectivity index is 1.82. The number of amides is 1. The van der Waals surface area contributed by atoms with Crippen molar-refractivity contribution in [1.82, 2.24) is 4.90 Å². The quantitative estimate of drug-likeness (QED) is 0.915. The lowest BCUT2D eigenvalue weighted by molar-refractivity contribution is 0.0655. The van der Waals surface area contributed by atoms with Crippen LogP contribution in [-0.4, -0.2) is 29.9 Å². The molecule has 3 rings (SSSR count). The van der Waals surface area contributed by atoms with Crippen molar-refractivity contribution in [2.75, 3.05) is 18.4 Å². The molecule has 0 unspecified atom stereocenters. The van der Waals surface area contributed by atoms with Crippen LogP contribution in [0.3, 0.4) is 0 Å². The molecule has 1 aromatic carbocycles. The zero-order valence-corrected chi connectivity index (χ0v) is 13.2. The largest absolute Gasteiger partial charge is 0.384 e. The van der Waals surface area contributed by atoms with Gasteiger partial charge in [0.1, 0.15) is 0 Å². The van der Waals surface area contributed by atoms with E-state index in [0.717, 1.165) is 25.1 Å². The molecule has 1 saturated carbocycles. The lowest BCUT2D eigenvalue weighted by atomic mass is 10.0. The predicted molar refractivity (Wildman–Crippen MR) is 86.8 cm³/mol. The van der Waals surface area contributed by atoms with Crippen molar-refractivity contribution in [2.24, 2.45) is 5.92 Å². The standard InChI is InChI=1S/C18H26N2O/c1-13(2)12-20(16-5-3-4-6-16)18(21)15-7-8-17-14(11-15)9-10-19-17/h7-8,11,13,16,19H,3-6,9-10,12H2,1-2H3. The first-order valence-corrected chi connectivity index (χ1v) is 8.33. The molecule has 21 heavy (non-hydrogen) atoms. The van der Waals surface area contributed by atoms with Gasteiger partial charge in [-0.1, -0.05) is 26.7 Å². The van der Waals surface area contributed by atoms with Gasteiger partial charge >= 0.3 is 0 Å². The zero-order chi connectivity index (χ0) is 14.8. The minimum atomic E-state index is 0.227. The lowest BCUT2D eigenvalue weighted by Gasteiger charge is -2.31. The van der Waals surface area contributed by atoms with Gasteiger partial charge in [0.25, 0.3) is 5.91 Å². The molecule has 3 nitrogen and oxygen atoms in total. The number of fused-ring (bicyclic) bond motifs is 1. The first kappa shape index (κ1) is 14.4. The number of hydrogen-bond acceptors (Lipinski definition) is 2. The smallest absolute Gasteiger partial charge is 0.254 e. The highest BCUT2D eigenvalue weighted by Crippen LogP contribution is 2.28. The Morgan fingerprint density at radius 1 is 1.33 bits per heavy atom. The Hall–Kier alpha value is -1.51. The topological polar surface area (TPSA) is 32.3 Å². The first-order chi connectivity index (χ1) is 10.1. The summed E-state index contributed by atoms with van der Waals surface area (Å²) in [5.41, 5.74) is 3.35. The molecule has 1 fully saturated rings. The summed E-state index contributed by atoms with van der Waals surface area (Å²) in [5.74, 6) is 0.746. The maximum atomic E-state index is 13.0. The molecule has 114 valence electrons. The Morgan fingerprint density at radius 2 is 2.10 bits per heavy atom. The van der Waals surface area contributed by atoms with E-state index in [-0.39, 0.29) is 5.91 Å². The van der Waals surface area contributed by atoms with Gasteiger partial charge in [0.05, 0.1) is 0 Å². The molecule has 1 aliphatic heterocycles. The number of rotatable bonds is 4. The van der Waals surface area contributed by atoms with Crippen molar-refractivity contribution in [3.63, 3.8) is 0 Å². The highest BCUT2D eigenvalue weighted by molar-refractivity contribution is 5.95. The van der Waals surface area contributed by atoms with Crippen LogP contribution in [0.2, 0.25) is 0 Å². The Labute approximate surface area is 127 Å². The molecule has 1 amide bonds. The van der Waals surface area contributed by atoms with E-state index >= 15 is 0 Å². The van der Waals surface area contributed by atoms with Crippen molar-refractivity contribution < 1.29 is 4.79 Å². The molecule has 0 bridgehead atoms. The Bertz CT molecular complexity index is 518. The molecule has 0 saturated heterocycles. The van der Waals surface area contributed by atoms with Gasteiger partial charge in [-0.2, -0.15) is 0 Å². The van der Waals surface area contributed by atoms with Crippen LogP contribution in [-0.2, 0) is 6.42 Å². The van der Waals surface area contributed by atoms with Crippen LogP contribution in [0.5, 0.6) is 0 Å². The van der Waals surface area contributed by atoms with Gasteiger partial charge in [0.15, 0.2) is 0 Å². The van der Waals surface area contributed by atoms with E-state index in [1.165, 1.54) is 36.9 Å². The van der Waals surface area contributed by atoms with Crippen LogP contribution in [0.1, 0.15) is 55.5 Å². The number of anilines is 1. The molecule has 0 atom stereocenters. The number of nitrogens with one attached hydrogen (secondary N) is 1. The second kappa shape index (κ2) is 6.08. The number of benzene rings is 1. The van der Waals surface area contributed by atoms with Crippen LogP contribution < -0.4 is 5.32 Å². The summed E-state index contributed by atoms with van der Waals surface area (Å²) in [5, 5.41) is 3.36. The van der Waals surface area contributed by atoms with E-state index in [0.29, 0.717) is 12.0 Å². The molecule has 1 heterocycles. The third-order valence-corrected chi connectivity index (χ3v) is 4.65. The Morgan fingerprint density at radius 3 is 2.81 bits per heavy atom. The van der Waals surface area contributed by atoms with Gasteiger partial charge in [0, 0.05) is 30.4 Å². The minimum Gasteiger partial charge on any atom is -0.384 e. The Kier molecular flexibility index (Phi) is 4.18. The van der Waals surface area contributed by atoms with Crippen LogP contribution in [0.4, 0.5) is 5.69 Å². The fourth-order valence-corrected chi connectivity index (χ4v) is 3.61. The van der Waals surface area contributed by atoms with Crippen LogP contribution in [0.15, 0.2) is 18.2 Å². The van der Waals surface area contributed by atoms with Crippen molar-refractivity contribution in [3.05, 3.63) is 29.3 Å². The third-order valence-electron chi connectivity index (χ3n) is 4.65. The average molecular weight is 286 g/mol. The van der Waals surface area contributed by atoms with E-state index in [1.54, 1.807) is 0 Å². The van der Waals surface area contributed by atoms with Gasteiger partial charge < -0.3 is 10.2 Å². The predicted octanol–water partition coefficient (Wildman–Crippen LogP) is 3.70. The molecule has 0 radical (unpaired) electrons. The molecule has 0 spiro atoms. The lowest BCUT2D eigenvalue weighted by Crippen LogP contribution is -2.41. The third kappa shape index (κ3) is 3.07. The molecule has 3 heteroatoms. The van der Waals surface area contributed by atoms with Gasteiger partial charge in [-0.05, 0) is 48.9 Å². The second-order valence-corrected chi connectivity index (χ2v) is 6.84. The van der Waals surface area contributed by atoms with E-state index in [9.17, 15) is 4.79 Å². The summed E-state index contributed by atoms with van der Waals surface area (Å²) >= 11 is 0. The van der Waals surface area contributed by atoms with E-state index in [4.69, 9.17) is 0 Å². The zero-order valence-electron chi connectivity index (χ0n) is 13.2. The molecule has 0 aromatic heterocycles. The molecule has 1 aliphatic carbocycles. The maximum Gasteiger partial charge on any atom is 0.254 e. The normalized spacial score (nSPS) is 17.9. The van der Waals surface area contributed by atoms with E-state index in [2.05, 4.69) is 36.2 Å². The minimum absolute atomic E-state index is 0.227. The van der Waals surface area contributed by atoms with Crippen molar-refractivity contribution >= 4 is 11.6 Å². The number of nitrogens with zero attached hydrogens (tertiary/aromatic N) is 1. The highest BCUT2D eigenvalue weighted by atomic mass is 16.2. The summed E-state index contributed by atoms with van der Waals surface area (Å²) in [6, 6.07) is 6.60. The molecular weight excluding hydrogens is 260 g/mol. The molecule has 2 aliphatic rings. The van der Waals surface area contributed by atoms with Gasteiger partial charge in [-0.25, -0.2) is 0 Å². The number of carbonyl (C=O) groups excluding carboxylic acids is 1. The van der Waals surface area contributed by atoms with Crippen LogP contribution >= 0.6 is 0 Å². The summed E-state index contributed by atoms with van der Waals surface area (Å²) in [4.78, 5) is 15.1. The summed E-state index contributed by atoms with van der Waals surface area (Å²) in [6.07, 6.45) is 5.90. The SMILES string of the molecule is CC(C)CN(C(=O)c1ccc2c(c1)CCN2)C1CCCC1. The fraction of sp³-hybridized carbons (Fsp3) is 0.611. The summed E-state index contributed by atoms with van der Waals surface area (Å²) < 4.78 is 0. The molecule has 1 aromatic rings. The molecular formula is C18H26N2O. The van der Waals surface area contributed by atoms with Crippen molar-refractivity contribution in [3.8, 4) is 0 Å².